The summed E-state index contributed by atoms with van der Waals surface area (Å²) < 4.78 is 5.13. The number of hydrogen-bond donors (Lipinski definition) is 1. The van der Waals surface area contributed by atoms with Gasteiger partial charge in [-0.1, -0.05) is 0 Å². The van der Waals surface area contributed by atoms with E-state index in [4.69, 9.17) is 4.74 Å². The largest absolute Gasteiger partial charge is 0.494 e. The van der Waals surface area contributed by atoms with Crippen molar-refractivity contribution >= 4 is 11.6 Å². The third-order valence-electron chi connectivity index (χ3n) is 2.45. The zero-order valence-corrected chi connectivity index (χ0v) is 8.38. The van der Waals surface area contributed by atoms with Gasteiger partial charge in [-0.15, -0.1) is 0 Å². The molecule has 0 aromatic carbocycles. The standard InChI is InChI=1S/C10H12N2O3/c1-15-9-2-4-11-6-7(9)12-5-3-8(13)10(12)14/h2,4,6,8,13H,3,5H2,1H3. The van der Waals surface area contributed by atoms with E-state index in [1.54, 1.807) is 18.5 Å². The van der Waals surface area contributed by atoms with Crippen LogP contribution in [0.4, 0.5) is 5.69 Å². The Labute approximate surface area is 87.3 Å². The number of anilines is 1. The Kier molecular flexibility index (Phi) is 2.55. The third-order valence-corrected chi connectivity index (χ3v) is 2.45. The van der Waals surface area contributed by atoms with Crippen LogP contribution in [0.25, 0.3) is 0 Å². The molecule has 5 heteroatoms. The number of aromatic nitrogens is 1. The van der Waals surface area contributed by atoms with Gasteiger partial charge in [-0.05, 0) is 0 Å². The molecule has 0 aliphatic carbocycles. The summed E-state index contributed by atoms with van der Waals surface area (Å²) in [6.45, 7) is 0.502. The predicted molar refractivity (Wildman–Crippen MR) is 53.8 cm³/mol. The smallest absolute Gasteiger partial charge is 0.256 e. The zero-order valence-electron chi connectivity index (χ0n) is 8.38. The van der Waals surface area contributed by atoms with E-state index in [-0.39, 0.29) is 5.91 Å². The number of hydrogen-bond acceptors (Lipinski definition) is 4. The van der Waals surface area contributed by atoms with Gasteiger partial charge in [0.05, 0.1) is 13.3 Å². The number of ether oxygens (including phenoxy) is 1. The molecule has 1 N–H and O–H groups in total. The van der Waals surface area contributed by atoms with E-state index in [1.165, 1.54) is 12.0 Å². The van der Waals surface area contributed by atoms with E-state index in [1.807, 2.05) is 0 Å². The van der Waals surface area contributed by atoms with Crippen molar-refractivity contribution in [3.8, 4) is 5.75 Å². The Morgan fingerprint density at radius 2 is 2.47 bits per heavy atom. The summed E-state index contributed by atoms with van der Waals surface area (Å²) in [5.41, 5.74) is 0.613. The molecular weight excluding hydrogens is 196 g/mol. The molecule has 1 aromatic rings. The maximum absolute atomic E-state index is 11.6. The van der Waals surface area contributed by atoms with Gasteiger partial charge >= 0.3 is 0 Å². The lowest BCUT2D eigenvalue weighted by Gasteiger charge is -2.17. The van der Waals surface area contributed by atoms with Crippen molar-refractivity contribution in [3.63, 3.8) is 0 Å². The van der Waals surface area contributed by atoms with E-state index in [2.05, 4.69) is 4.98 Å². The maximum atomic E-state index is 11.6. The van der Waals surface area contributed by atoms with Gasteiger partial charge in [0, 0.05) is 25.2 Å². The van der Waals surface area contributed by atoms with Crippen molar-refractivity contribution in [1.29, 1.82) is 0 Å². The lowest BCUT2D eigenvalue weighted by Crippen LogP contribution is -2.29. The number of aliphatic hydroxyl groups excluding tert-OH is 1. The molecule has 80 valence electrons. The van der Waals surface area contributed by atoms with Crippen LogP contribution in [-0.2, 0) is 4.79 Å². The lowest BCUT2D eigenvalue weighted by molar-refractivity contribution is -0.124. The SMILES string of the molecule is COc1ccncc1N1CCC(O)C1=O. The average Bonchev–Trinajstić information content (AvgIpc) is 2.60. The Morgan fingerprint density at radius 3 is 3.07 bits per heavy atom. The van der Waals surface area contributed by atoms with Crippen LogP contribution < -0.4 is 9.64 Å². The van der Waals surface area contributed by atoms with Gasteiger partial charge in [-0.3, -0.25) is 9.78 Å². The Bertz CT molecular complexity index is 381. The van der Waals surface area contributed by atoms with Gasteiger partial charge in [0.2, 0.25) is 0 Å². The fourth-order valence-corrected chi connectivity index (χ4v) is 1.65. The fourth-order valence-electron chi connectivity index (χ4n) is 1.65. The highest BCUT2D eigenvalue weighted by Crippen LogP contribution is 2.29. The van der Waals surface area contributed by atoms with Crippen molar-refractivity contribution in [2.75, 3.05) is 18.6 Å². The molecule has 1 aliphatic heterocycles. The first-order valence-electron chi connectivity index (χ1n) is 4.71. The molecule has 0 saturated carbocycles. The summed E-state index contributed by atoms with van der Waals surface area (Å²) in [6.07, 6.45) is 2.72. The summed E-state index contributed by atoms with van der Waals surface area (Å²) in [6, 6.07) is 1.69. The topological polar surface area (TPSA) is 62.7 Å². The van der Waals surface area contributed by atoms with E-state index >= 15 is 0 Å². The first-order valence-corrected chi connectivity index (χ1v) is 4.71. The Morgan fingerprint density at radius 1 is 1.67 bits per heavy atom. The van der Waals surface area contributed by atoms with Crippen molar-refractivity contribution in [2.45, 2.75) is 12.5 Å². The number of methoxy groups -OCH3 is 1. The molecule has 0 bridgehead atoms. The van der Waals surface area contributed by atoms with Gasteiger partial charge in [-0.2, -0.15) is 0 Å². The average molecular weight is 208 g/mol. The molecule has 1 fully saturated rings. The maximum Gasteiger partial charge on any atom is 0.256 e. The Hall–Kier alpha value is -1.62. The number of aliphatic hydroxyl groups is 1. The van der Waals surface area contributed by atoms with Gasteiger partial charge in [0.25, 0.3) is 5.91 Å². The normalized spacial score (nSPS) is 20.8. The van der Waals surface area contributed by atoms with E-state index in [0.29, 0.717) is 24.4 Å². The van der Waals surface area contributed by atoms with Crippen molar-refractivity contribution < 1.29 is 14.6 Å². The predicted octanol–water partition coefficient (Wildman–Crippen LogP) is 0.188. The molecule has 0 radical (unpaired) electrons. The molecule has 1 saturated heterocycles. The second kappa shape index (κ2) is 3.86. The molecule has 1 unspecified atom stereocenters. The molecular formula is C10H12N2O3. The number of amides is 1. The van der Waals surface area contributed by atoms with Crippen LogP contribution in [0, 0.1) is 0 Å². The quantitative estimate of drug-likeness (QED) is 0.753. The van der Waals surface area contributed by atoms with Crippen LogP contribution >= 0.6 is 0 Å². The van der Waals surface area contributed by atoms with Crippen molar-refractivity contribution in [1.82, 2.24) is 4.98 Å². The molecule has 1 atom stereocenters. The molecule has 5 nitrogen and oxygen atoms in total. The lowest BCUT2D eigenvalue weighted by atomic mass is 10.3. The minimum Gasteiger partial charge on any atom is -0.494 e. The van der Waals surface area contributed by atoms with Crippen molar-refractivity contribution in [2.24, 2.45) is 0 Å². The van der Waals surface area contributed by atoms with Crippen LogP contribution in [0.3, 0.4) is 0 Å². The molecule has 2 heterocycles. The minimum atomic E-state index is -0.894. The van der Waals surface area contributed by atoms with Gasteiger partial charge in [0.1, 0.15) is 17.5 Å². The van der Waals surface area contributed by atoms with Crippen molar-refractivity contribution in [3.05, 3.63) is 18.5 Å². The number of nitrogens with zero attached hydrogens (tertiary/aromatic N) is 2. The molecule has 1 aliphatic rings. The highest BCUT2D eigenvalue weighted by Gasteiger charge is 2.32. The first-order chi connectivity index (χ1) is 7.24. The molecule has 15 heavy (non-hydrogen) atoms. The second-order valence-electron chi connectivity index (χ2n) is 3.34. The van der Waals surface area contributed by atoms with Crippen LogP contribution in [0.15, 0.2) is 18.5 Å². The Balaban J connectivity index is 2.33. The molecule has 1 aromatic heterocycles. The van der Waals surface area contributed by atoms with E-state index in [9.17, 15) is 9.90 Å². The van der Waals surface area contributed by atoms with E-state index in [0.717, 1.165) is 0 Å². The molecule has 2 rings (SSSR count). The monoisotopic (exact) mass is 208 g/mol. The van der Waals surface area contributed by atoms with Crippen LogP contribution in [0.1, 0.15) is 6.42 Å². The zero-order chi connectivity index (χ0) is 10.8. The van der Waals surface area contributed by atoms with Gasteiger partial charge < -0.3 is 14.7 Å². The summed E-state index contributed by atoms with van der Waals surface area (Å²) in [7, 11) is 1.54. The highest BCUT2D eigenvalue weighted by molar-refractivity contribution is 5.99. The first kappa shape index (κ1) is 9.92. The van der Waals surface area contributed by atoms with Gasteiger partial charge in [-0.25, -0.2) is 0 Å². The molecule has 0 spiro atoms. The third kappa shape index (κ3) is 1.66. The summed E-state index contributed by atoms with van der Waals surface area (Å²) in [5, 5.41) is 9.34. The van der Waals surface area contributed by atoms with Crippen LogP contribution in [-0.4, -0.2) is 35.8 Å². The number of rotatable bonds is 2. The number of carbonyl (C=O) groups excluding carboxylic acids is 1. The summed E-state index contributed by atoms with van der Waals surface area (Å²) in [4.78, 5) is 17.0. The molecule has 1 amide bonds. The fraction of sp³-hybridized carbons (Fsp3) is 0.400. The number of pyridine rings is 1. The van der Waals surface area contributed by atoms with Crippen LogP contribution in [0.5, 0.6) is 5.75 Å². The second-order valence-corrected chi connectivity index (χ2v) is 3.34. The summed E-state index contributed by atoms with van der Waals surface area (Å²) in [5.74, 6) is 0.300. The minimum absolute atomic E-state index is 0.290. The highest BCUT2D eigenvalue weighted by atomic mass is 16.5. The van der Waals surface area contributed by atoms with E-state index < -0.39 is 6.10 Å². The van der Waals surface area contributed by atoms with Gasteiger partial charge in [0.15, 0.2) is 0 Å². The number of carbonyl (C=O) groups is 1. The summed E-state index contributed by atoms with van der Waals surface area (Å²) >= 11 is 0. The van der Waals surface area contributed by atoms with Crippen LogP contribution in [0.2, 0.25) is 0 Å².